The highest BCUT2D eigenvalue weighted by atomic mass is 16.7. The Bertz CT molecular complexity index is 206. The number of methoxy groups -OCH3 is 2. The SMILES string of the molecule is CCCC(C#N)C(C)(O)CC(OC)OC. The number of ether oxygens (including phenoxy) is 2. The predicted octanol–water partition coefficient (Wildman–Crippen LogP) is 1.69. The van der Waals surface area contributed by atoms with E-state index in [4.69, 9.17) is 14.7 Å². The van der Waals surface area contributed by atoms with E-state index in [-0.39, 0.29) is 5.92 Å². The van der Waals surface area contributed by atoms with Gasteiger partial charge in [0.05, 0.1) is 17.6 Å². The molecule has 0 amide bonds. The molecule has 0 aromatic heterocycles. The summed E-state index contributed by atoms with van der Waals surface area (Å²) in [7, 11) is 3.04. The summed E-state index contributed by atoms with van der Waals surface area (Å²) in [5.74, 6) is -0.379. The minimum absolute atomic E-state index is 0.304. The molecule has 0 heterocycles. The second-order valence-electron chi connectivity index (χ2n) is 3.93. The van der Waals surface area contributed by atoms with E-state index < -0.39 is 11.9 Å². The van der Waals surface area contributed by atoms with Gasteiger partial charge in [-0.15, -0.1) is 0 Å². The van der Waals surface area contributed by atoms with E-state index in [1.54, 1.807) is 6.92 Å². The first kappa shape index (κ1) is 14.4. The molecule has 0 saturated carbocycles. The fourth-order valence-electron chi connectivity index (χ4n) is 1.55. The van der Waals surface area contributed by atoms with E-state index in [9.17, 15) is 5.11 Å². The molecule has 0 bridgehead atoms. The van der Waals surface area contributed by atoms with Crippen molar-refractivity contribution in [3.63, 3.8) is 0 Å². The summed E-state index contributed by atoms with van der Waals surface area (Å²) < 4.78 is 10.0. The lowest BCUT2D eigenvalue weighted by Crippen LogP contribution is -2.38. The van der Waals surface area contributed by atoms with Gasteiger partial charge < -0.3 is 14.6 Å². The quantitative estimate of drug-likeness (QED) is 0.656. The van der Waals surface area contributed by atoms with Crippen molar-refractivity contribution in [2.45, 2.75) is 45.0 Å². The molecule has 0 rings (SSSR count). The number of aliphatic hydroxyl groups is 1. The van der Waals surface area contributed by atoms with Gasteiger partial charge in [-0.1, -0.05) is 13.3 Å². The Morgan fingerprint density at radius 3 is 2.27 bits per heavy atom. The van der Waals surface area contributed by atoms with Gasteiger partial charge in [0.1, 0.15) is 0 Å². The number of nitriles is 1. The summed E-state index contributed by atoms with van der Waals surface area (Å²) in [6.45, 7) is 3.64. The van der Waals surface area contributed by atoms with Gasteiger partial charge in [0.15, 0.2) is 6.29 Å². The number of hydrogen-bond donors (Lipinski definition) is 1. The minimum Gasteiger partial charge on any atom is -0.389 e. The first-order valence-corrected chi connectivity index (χ1v) is 5.19. The molecule has 88 valence electrons. The Morgan fingerprint density at radius 2 is 1.93 bits per heavy atom. The molecular formula is C11H21NO3. The third kappa shape index (κ3) is 4.61. The molecule has 0 aliphatic carbocycles. The fraction of sp³-hybridized carbons (Fsp3) is 0.909. The number of nitrogens with zero attached hydrogens (tertiary/aromatic N) is 1. The molecule has 1 N–H and O–H groups in total. The smallest absolute Gasteiger partial charge is 0.159 e. The van der Waals surface area contributed by atoms with Gasteiger partial charge in [0.2, 0.25) is 0 Å². The summed E-state index contributed by atoms with van der Waals surface area (Å²) in [6, 6.07) is 2.14. The zero-order valence-electron chi connectivity index (χ0n) is 9.99. The van der Waals surface area contributed by atoms with Gasteiger partial charge in [-0.25, -0.2) is 0 Å². The largest absolute Gasteiger partial charge is 0.389 e. The summed E-state index contributed by atoms with van der Waals surface area (Å²) in [6.07, 6.45) is 1.40. The lowest BCUT2D eigenvalue weighted by molar-refractivity contribution is -0.147. The van der Waals surface area contributed by atoms with E-state index in [2.05, 4.69) is 6.07 Å². The topological polar surface area (TPSA) is 62.5 Å². The zero-order chi connectivity index (χ0) is 11.9. The normalized spacial score (nSPS) is 17.1. The predicted molar refractivity (Wildman–Crippen MR) is 57.1 cm³/mol. The van der Waals surface area contributed by atoms with Gasteiger partial charge in [-0.2, -0.15) is 5.26 Å². The second-order valence-corrected chi connectivity index (χ2v) is 3.93. The molecule has 0 saturated heterocycles. The second kappa shape index (κ2) is 6.78. The maximum Gasteiger partial charge on any atom is 0.159 e. The van der Waals surface area contributed by atoms with Crippen molar-refractivity contribution >= 4 is 0 Å². The maximum absolute atomic E-state index is 10.2. The Morgan fingerprint density at radius 1 is 1.40 bits per heavy atom. The molecule has 0 aliphatic heterocycles. The average molecular weight is 215 g/mol. The van der Waals surface area contributed by atoms with Gasteiger partial charge in [-0.3, -0.25) is 0 Å². The van der Waals surface area contributed by atoms with Crippen molar-refractivity contribution in [1.29, 1.82) is 5.26 Å². The van der Waals surface area contributed by atoms with Crippen LogP contribution in [-0.2, 0) is 9.47 Å². The van der Waals surface area contributed by atoms with Crippen LogP contribution in [0.4, 0.5) is 0 Å². The Balaban J connectivity index is 4.43. The number of rotatable bonds is 7. The molecule has 4 heteroatoms. The monoisotopic (exact) mass is 215 g/mol. The molecule has 0 fully saturated rings. The Kier molecular flexibility index (Phi) is 6.50. The number of hydrogen-bond acceptors (Lipinski definition) is 4. The Hall–Kier alpha value is -0.630. The van der Waals surface area contributed by atoms with Crippen molar-refractivity contribution < 1.29 is 14.6 Å². The van der Waals surface area contributed by atoms with Crippen LogP contribution < -0.4 is 0 Å². The van der Waals surface area contributed by atoms with Gasteiger partial charge in [0, 0.05) is 20.6 Å². The minimum atomic E-state index is -1.07. The van der Waals surface area contributed by atoms with E-state index in [0.29, 0.717) is 12.8 Å². The highest BCUT2D eigenvalue weighted by molar-refractivity contribution is 4.96. The van der Waals surface area contributed by atoms with E-state index in [0.717, 1.165) is 6.42 Å². The van der Waals surface area contributed by atoms with Crippen molar-refractivity contribution in [3.8, 4) is 6.07 Å². The molecular weight excluding hydrogens is 194 g/mol. The lowest BCUT2D eigenvalue weighted by Gasteiger charge is -2.30. The highest BCUT2D eigenvalue weighted by Crippen LogP contribution is 2.27. The van der Waals surface area contributed by atoms with Crippen molar-refractivity contribution in [1.82, 2.24) is 0 Å². The summed E-state index contributed by atoms with van der Waals surface area (Å²) in [5, 5.41) is 19.1. The van der Waals surface area contributed by atoms with Crippen LogP contribution in [0.3, 0.4) is 0 Å². The van der Waals surface area contributed by atoms with E-state index in [1.807, 2.05) is 6.92 Å². The summed E-state index contributed by atoms with van der Waals surface area (Å²) in [5.41, 5.74) is -1.07. The molecule has 2 atom stereocenters. The van der Waals surface area contributed by atoms with E-state index in [1.165, 1.54) is 14.2 Å². The molecule has 0 aromatic rings. The third-order valence-corrected chi connectivity index (χ3v) is 2.59. The lowest BCUT2D eigenvalue weighted by atomic mass is 9.84. The molecule has 0 aliphatic rings. The van der Waals surface area contributed by atoms with Gasteiger partial charge in [-0.05, 0) is 13.3 Å². The highest BCUT2D eigenvalue weighted by Gasteiger charge is 2.34. The van der Waals surface area contributed by atoms with Crippen LogP contribution in [0.15, 0.2) is 0 Å². The van der Waals surface area contributed by atoms with Crippen LogP contribution in [-0.4, -0.2) is 31.2 Å². The van der Waals surface area contributed by atoms with Gasteiger partial charge >= 0.3 is 0 Å². The average Bonchev–Trinajstić information content (AvgIpc) is 2.22. The van der Waals surface area contributed by atoms with Crippen LogP contribution in [0.25, 0.3) is 0 Å². The molecule has 15 heavy (non-hydrogen) atoms. The molecule has 2 unspecified atom stereocenters. The summed E-state index contributed by atoms with van der Waals surface area (Å²) >= 11 is 0. The van der Waals surface area contributed by atoms with Crippen LogP contribution in [0.1, 0.15) is 33.1 Å². The van der Waals surface area contributed by atoms with Crippen molar-refractivity contribution in [2.75, 3.05) is 14.2 Å². The molecule has 0 spiro atoms. The Labute approximate surface area is 91.8 Å². The van der Waals surface area contributed by atoms with Crippen molar-refractivity contribution in [2.24, 2.45) is 5.92 Å². The van der Waals surface area contributed by atoms with E-state index >= 15 is 0 Å². The first-order valence-electron chi connectivity index (χ1n) is 5.19. The molecule has 4 nitrogen and oxygen atoms in total. The maximum atomic E-state index is 10.2. The van der Waals surface area contributed by atoms with Gasteiger partial charge in [0.25, 0.3) is 0 Å². The molecule has 0 aromatic carbocycles. The summed E-state index contributed by atoms with van der Waals surface area (Å²) in [4.78, 5) is 0. The van der Waals surface area contributed by atoms with Crippen LogP contribution in [0.5, 0.6) is 0 Å². The zero-order valence-corrected chi connectivity index (χ0v) is 9.99. The van der Waals surface area contributed by atoms with Crippen LogP contribution in [0, 0.1) is 17.2 Å². The first-order chi connectivity index (χ1) is 7.01. The van der Waals surface area contributed by atoms with Crippen molar-refractivity contribution in [3.05, 3.63) is 0 Å². The molecule has 0 radical (unpaired) electrons. The van der Waals surface area contributed by atoms with Crippen LogP contribution in [0.2, 0.25) is 0 Å². The fourth-order valence-corrected chi connectivity index (χ4v) is 1.55. The van der Waals surface area contributed by atoms with Crippen LogP contribution >= 0.6 is 0 Å². The standard InChI is InChI=1S/C11H21NO3/c1-5-6-9(8-12)11(2,13)7-10(14-3)15-4/h9-10,13H,5-7H2,1-4H3. The third-order valence-electron chi connectivity index (χ3n) is 2.59.